The smallest absolute Gasteiger partial charge is 0.257 e. The molecule has 3 rings (SSSR count). The fraction of sp³-hybridized carbons (Fsp3) is 0.312. The number of hydrogen-bond donors (Lipinski definition) is 0. The normalized spacial score (nSPS) is 16.1. The minimum absolute atomic E-state index is 0.138. The minimum Gasteiger partial charge on any atom is -0.496 e. The third-order valence-corrected chi connectivity index (χ3v) is 7.22. The number of ether oxygens (including phenoxy) is 1. The number of para-hydroxylation sites is 1. The van der Waals surface area contributed by atoms with Crippen molar-refractivity contribution in [2.75, 3.05) is 33.3 Å². The van der Waals surface area contributed by atoms with Gasteiger partial charge in [0.1, 0.15) is 9.96 Å². The predicted octanol–water partition coefficient (Wildman–Crippen LogP) is 1.90. The molecule has 0 spiro atoms. The fourth-order valence-electron chi connectivity index (χ4n) is 2.66. The van der Waals surface area contributed by atoms with Crippen molar-refractivity contribution in [3.63, 3.8) is 0 Å². The number of amides is 1. The first-order chi connectivity index (χ1) is 11.5. The summed E-state index contributed by atoms with van der Waals surface area (Å²) in [5.41, 5.74) is 0.495. The van der Waals surface area contributed by atoms with E-state index in [4.69, 9.17) is 4.74 Å². The van der Waals surface area contributed by atoms with E-state index in [1.54, 1.807) is 46.7 Å². The zero-order valence-corrected chi connectivity index (χ0v) is 14.8. The molecule has 1 aliphatic heterocycles. The second-order valence-corrected chi connectivity index (χ2v) is 8.44. The number of thiophene rings is 1. The molecular weight excluding hydrogens is 348 g/mol. The van der Waals surface area contributed by atoms with Gasteiger partial charge in [0.2, 0.25) is 0 Å². The summed E-state index contributed by atoms with van der Waals surface area (Å²) < 4.78 is 32.0. The van der Waals surface area contributed by atoms with Crippen LogP contribution in [0.1, 0.15) is 10.4 Å². The molecule has 1 saturated heterocycles. The monoisotopic (exact) mass is 366 g/mol. The Balaban J connectivity index is 1.70. The lowest BCUT2D eigenvalue weighted by Gasteiger charge is -2.34. The van der Waals surface area contributed by atoms with Gasteiger partial charge in [0.15, 0.2) is 0 Å². The Kier molecular flexibility index (Phi) is 4.88. The van der Waals surface area contributed by atoms with E-state index in [0.29, 0.717) is 41.7 Å². The van der Waals surface area contributed by atoms with E-state index < -0.39 is 10.0 Å². The summed E-state index contributed by atoms with van der Waals surface area (Å²) in [5, 5.41) is 1.74. The lowest BCUT2D eigenvalue weighted by molar-refractivity contribution is 0.0694. The van der Waals surface area contributed by atoms with Gasteiger partial charge in [-0.2, -0.15) is 4.31 Å². The molecule has 128 valence electrons. The van der Waals surface area contributed by atoms with Crippen molar-refractivity contribution in [3.05, 3.63) is 47.3 Å². The average molecular weight is 366 g/mol. The quantitative estimate of drug-likeness (QED) is 0.829. The van der Waals surface area contributed by atoms with Crippen molar-refractivity contribution in [2.45, 2.75) is 4.21 Å². The number of carbonyl (C=O) groups is 1. The number of rotatable bonds is 4. The van der Waals surface area contributed by atoms with Crippen molar-refractivity contribution in [2.24, 2.45) is 0 Å². The van der Waals surface area contributed by atoms with Gasteiger partial charge in [-0.25, -0.2) is 8.42 Å². The van der Waals surface area contributed by atoms with Gasteiger partial charge in [-0.05, 0) is 23.6 Å². The maximum Gasteiger partial charge on any atom is 0.257 e. The van der Waals surface area contributed by atoms with E-state index in [1.165, 1.54) is 22.8 Å². The molecule has 1 amide bonds. The number of sulfonamides is 1. The molecule has 8 heteroatoms. The van der Waals surface area contributed by atoms with E-state index >= 15 is 0 Å². The third-order valence-electron chi connectivity index (χ3n) is 3.95. The van der Waals surface area contributed by atoms with Crippen LogP contribution in [0.5, 0.6) is 5.75 Å². The summed E-state index contributed by atoms with van der Waals surface area (Å²) in [4.78, 5) is 14.3. The predicted molar refractivity (Wildman–Crippen MR) is 92.0 cm³/mol. The van der Waals surface area contributed by atoms with Crippen LogP contribution in [0.4, 0.5) is 0 Å². The molecule has 24 heavy (non-hydrogen) atoms. The average Bonchev–Trinajstić information content (AvgIpc) is 3.16. The molecule has 0 bridgehead atoms. The van der Waals surface area contributed by atoms with Gasteiger partial charge in [-0.1, -0.05) is 18.2 Å². The van der Waals surface area contributed by atoms with E-state index in [9.17, 15) is 13.2 Å². The largest absolute Gasteiger partial charge is 0.496 e. The highest BCUT2D eigenvalue weighted by atomic mass is 32.2. The van der Waals surface area contributed by atoms with E-state index in [2.05, 4.69) is 0 Å². The Morgan fingerprint density at radius 2 is 1.79 bits per heavy atom. The molecule has 2 aromatic rings. The number of carbonyl (C=O) groups excluding carboxylic acids is 1. The van der Waals surface area contributed by atoms with Crippen LogP contribution in [-0.4, -0.2) is 56.8 Å². The first-order valence-electron chi connectivity index (χ1n) is 7.50. The first-order valence-corrected chi connectivity index (χ1v) is 9.82. The fourth-order valence-corrected chi connectivity index (χ4v) is 5.23. The Morgan fingerprint density at radius 1 is 1.08 bits per heavy atom. The van der Waals surface area contributed by atoms with E-state index in [1.807, 2.05) is 0 Å². The van der Waals surface area contributed by atoms with Crippen LogP contribution in [-0.2, 0) is 10.0 Å². The lowest BCUT2D eigenvalue weighted by atomic mass is 10.1. The molecule has 1 fully saturated rings. The standard InChI is InChI=1S/C16H18N2O4S2/c1-22-14-6-3-2-5-13(14)16(19)17-8-10-18(11-9-17)24(20,21)15-7-4-12-23-15/h2-7,12H,8-11H2,1H3. The van der Waals surface area contributed by atoms with Gasteiger partial charge < -0.3 is 9.64 Å². The molecule has 0 saturated carbocycles. The molecule has 1 aromatic heterocycles. The molecule has 0 N–H and O–H groups in total. The van der Waals surface area contributed by atoms with Gasteiger partial charge in [0.05, 0.1) is 12.7 Å². The maximum absolute atomic E-state index is 12.6. The minimum atomic E-state index is -3.46. The lowest BCUT2D eigenvalue weighted by Crippen LogP contribution is -2.50. The highest BCUT2D eigenvalue weighted by Gasteiger charge is 2.31. The summed E-state index contributed by atoms with van der Waals surface area (Å²) in [6.45, 7) is 1.31. The van der Waals surface area contributed by atoms with Crippen LogP contribution in [0, 0.1) is 0 Å². The van der Waals surface area contributed by atoms with Gasteiger partial charge >= 0.3 is 0 Å². The molecular formula is C16H18N2O4S2. The first kappa shape index (κ1) is 16.9. The summed E-state index contributed by atoms with van der Waals surface area (Å²) >= 11 is 1.21. The SMILES string of the molecule is COc1ccccc1C(=O)N1CCN(S(=O)(=O)c2cccs2)CC1. The Morgan fingerprint density at radius 3 is 2.42 bits per heavy atom. The van der Waals surface area contributed by atoms with Crippen molar-refractivity contribution < 1.29 is 17.9 Å². The molecule has 0 radical (unpaired) electrons. The van der Waals surface area contributed by atoms with Crippen LogP contribution >= 0.6 is 11.3 Å². The van der Waals surface area contributed by atoms with Crippen LogP contribution in [0.25, 0.3) is 0 Å². The second kappa shape index (κ2) is 6.92. The summed E-state index contributed by atoms with van der Waals surface area (Å²) in [5.74, 6) is 0.386. The van der Waals surface area contributed by atoms with Crippen molar-refractivity contribution in [3.8, 4) is 5.75 Å². The van der Waals surface area contributed by atoms with Crippen LogP contribution in [0.2, 0.25) is 0 Å². The van der Waals surface area contributed by atoms with E-state index in [-0.39, 0.29) is 5.91 Å². The maximum atomic E-state index is 12.6. The zero-order chi connectivity index (χ0) is 17.2. The second-order valence-electron chi connectivity index (χ2n) is 5.33. The zero-order valence-electron chi connectivity index (χ0n) is 13.2. The molecule has 0 unspecified atom stereocenters. The van der Waals surface area contributed by atoms with Gasteiger partial charge in [0.25, 0.3) is 15.9 Å². The number of piperazine rings is 1. The summed E-state index contributed by atoms with van der Waals surface area (Å²) in [6.07, 6.45) is 0. The van der Waals surface area contributed by atoms with Crippen LogP contribution < -0.4 is 4.74 Å². The summed E-state index contributed by atoms with van der Waals surface area (Å²) in [6, 6.07) is 10.4. The van der Waals surface area contributed by atoms with Gasteiger partial charge in [0, 0.05) is 26.2 Å². The molecule has 2 heterocycles. The topological polar surface area (TPSA) is 66.9 Å². The van der Waals surface area contributed by atoms with Crippen molar-refractivity contribution >= 4 is 27.3 Å². The van der Waals surface area contributed by atoms with Crippen molar-refractivity contribution in [1.29, 1.82) is 0 Å². The highest BCUT2D eigenvalue weighted by Crippen LogP contribution is 2.24. The third kappa shape index (κ3) is 3.17. The van der Waals surface area contributed by atoms with Crippen LogP contribution in [0.3, 0.4) is 0 Å². The molecule has 1 aliphatic rings. The Labute approximate surface area is 145 Å². The number of nitrogens with zero attached hydrogens (tertiary/aromatic N) is 2. The van der Waals surface area contributed by atoms with Gasteiger partial charge in [-0.15, -0.1) is 11.3 Å². The summed E-state index contributed by atoms with van der Waals surface area (Å²) in [7, 11) is -1.93. The molecule has 1 aromatic carbocycles. The number of benzene rings is 1. The molecule has 0 atom stereocenters. The van der Waals surface area contributed by atoms with E-state index in [0.717, 1.165) is 0 Å². The molecule has 6 nitrogen and oxygen atoms in total. The van der Waals surface area contributed by atoms with Crippen molar-refractivity contribution in [1.82, 2.24) is 9.21 Å². The highest BCUT2D eigenvalue weighted by molar-refractivity contribution is 7.91. The van der Waals surface area contributed by atoms with Gasteiger partial charge in [-0.3, -0.25) is 4.79 Å². The number of methoxy groups -OCH3 is 1. The Bertz CT molecular complexity index is 810. The van der Waals surface area contributed by atoms with Crippen LogP contribution in [0.15, 0.2) is 46.0 Å². The Hall–Kier alpha value is -1.90. The number of hydrogen-bond acceptors (Lipinski definition) is 5. The molecule has 0 aliphatic carbocycles.